The fraction of sp³-hybridized carbons (Fsp3) is 0.647. The summed E-state index contributed by atoms with van der Waals surface area (Å²) in [6, 6.07) is 9.15. The van der Waals surface area contributed by atoms with Crippen LogP contribution in [0.25, 0.3) is 0 Å². The fourth-order valence-electron chi connectivity index (χ4n) is 3.68. The van der Waals surface area contributed by atoms with Gasteiger partial charge in [0.25, 0.3) is 0 Å². The number of nitrogens with one attached hydrogen (secondary N) is 1. The average Bonchev–Trinajstić information content (AvgIpc) is 2.96. The van der Waals surface area contributed by atoms with Crippen molar-refractivity contribution in [3.05, 3.63) is 35.4 Å². The molecule has 2 fully saturated rings. The molecular formula is C17H26N2OS. The number of nitrogens with two attached hydrogens (primary N) is 1. The van der Waals surface area contributed by atoms with E-state index in [-0.39, 0.29) is 11.6 Å². The van der Waals surface area contributed by atoms with Gasteiger partial charge in [-0.2, -0.15) is 11.8 Å². The van der Waals surface area contributed by atoms with Gasteiger partial charge in [0.05, 0.1) is 5.60 Å². The molecule has 1 aromatic carbocycles. The molecule has 2 aliphatic rings. The molecule has 0 saturated carbocycles. The van der Waals surface area contributed by atoms with Gasteiger partial charge in [-0.25, -0.2) is 0 Å². The van der Waals surface area contributed by atoms with E-state index in [0.717, 1.165) is 31.6 Å². The van der Waals surface area contributed by atoms with Gasteiger partial charge in [0, 0.05) is 18.4 Å². The van der Waals surface area contributed by atoms with E-state index in [9.17, 15) is 0 Å². The zero-order valence-corrected chi connectivity index (χ0v) is 13.6. The monoisotopic (exact) mass is 306 g/mol. The standard InChI is InChI=1S/C17H26N2OS/c1-2-13-3-5-14(6-4-13)16(19-18)15-7-9-20-17(11-15)8-10-21-12-17/h3-6,15-16,19H,2,7-12,18H2,1H3. The Kier molecular flexibility index (Phi) is 4.89. The summed E-state index contributed by atoms with van der Waals surface area (Å²) in [5, 5.41) is 0. The van der Waals surface area contributed by atoms with Crippen LogP contribution in [0.3, 0.4) is 0 Å². The number of aryl methyl sites for hydroxylation is 1. The van der Waals surface area contributed by atoms with Crippen LogP contribution in [0.4, 0.5) is 0 Å². The van der Waals surface area contributed by atoms with Gasteiger partial charge >= 0.3 is 0 Å². The van der Waals surface area contributed by atoms with Gasteiger partial charge in [-0.05, 0) is 48.5 Å². The first-order valence-corrected chi connectivity index (χ1v) is 9.18. The molecule has 3 N–H and O–H groups in total. The lowest BCUT2D eigenvalue weighted by atomic mass is 9.79. The van der Waals surface area contributed by atoms with E-state index in [0.29, 0.717) is 5.92 Å². The third kappa shape index (κ3) is 3.29. The number of rotatable bonds is 4. The van der Waals surface area contributed by atoms with Crippen molar-refractivity contribution in [2.75, 3.05) is 18.1 Å². The van der Waals surface area contributed by atoms with E-state index in [4.69, 9.17) is 10.6 Å². The normalized spacial score (nSPS) is 30.7. The van der Waals surface area contributed by atoms with Gasteiger partial charge in [-0.1, -0.05) is 31.2 Å². The molecular weight excluding hydrogens is 280 g/mol. The number of hydrogen-bond acceptors (Lipinski definition) is 4. The van der Waals surface area contributed by atoms with E-state index >= 15 is 0 Å². The smallest absolute Gasteiger partial charge is 0.0783 e. The van der Waals surface area contributed by atoms with Crippen molar-refractivity contribution < 1.29 is 4.74 Å². The number of hydrazine groups is 1. The first kappa shape index (κ1) is 15.3. The molecule has 0 aliphatic carbocycles. The molecule has 116 valence electrons. The maximum atomic E-state index is 6.13. The first-order chi connectivity index (χ1) is 10.3. The van der Waals surface area contributed by atoms with E-state index in [1.807, 2.05) is 11.8 Å². The van der Waals surface area contributed by atoms with Crippen molar-refractivity contribution in [1.29, 1.82) is 0 Å². The lowest BCUT2D eigenvalue weighted by Gasteiger charge is -2.41. The van der Waals surface area contributed by atoms with Gasteiger partial charge in [0.1, 0.15) is 0 Å². The second-order valence-electron chi connectivity index (χ2n) is 6.33. The Balaban J connectivity index is 1.75. The van der Waals surface area contributed by atoms with Crippen molar-refractivity contribution in [1.82, 2.24) is 5.43 Å². The Morgan fingerprint density at radius 2 is 2.24 bits per heavy atom. The van der Waals surface area contributed by atoms with Crippen LogP contribution in [0.5, 0.6) is 0 Å². The molecule has 2 saturated heterocycles. The molecule has 21 heavy (non-hydrogen) atoms. The average molecular weight is 306 g/mol. The third-order valence-corrected chi connectivity index (χ3v) is 6.22. The SMILES string of the molecule is CCc1ccc(C(NN)C2CCOC3(CCSC3)C2)cc1. The van der Waals surface area contributed by atoms with E-state index < -0.39 is 0 Å². The molecule has 0 amide bonds. The summed E-state index contributed by atoms with van der Waals surface area (Å²) in [5.41, 5.74) is 5.87. The predicted molar refractivity (Wildman–Crippen MR) is 89.2 cm³/mol. The summed E-state index contributed by atoms with van der Waals surface area (Å²) in [6.45, 7) is 3.06. The molecule has 1 aromatic rings. The lowest BCUT2D eigenvalue weighted by Crippen LogP contribution is -2.45. The van der Waals surface area contributed by atoms with Crippen LogP contribution in [0, 0.1) is 5.92 Å². The van der Waals surface area contributed by atoms with Gasteiger partial charge in [0.15, 0.2) is 0 Å². The van der Waals surface area contributed by atoms with Crippen LogP contribution in [-0.2, 0) is 11.2 Å². The van der Waals surface area contributed by atoms with Crippen LogP contribution < -0.4 is 11.3 Å². The zero-order valence-electron chi connectivity index (χ0n) is 12.8. The van der Waals surface area contributed by atoms with Crippen LogP contribution in [0.1, 0.15) is 43.4 Å². The predicted octanol–water partition coefficient (Wildman–Crippen LogP) is 3.06. The maximum absolute atomic E-state index is 6.13. The maximum Gasteiger partial charge on any atom is 0.0783 e. The Morgan fingerprint density at radius 1 is 1.43 bits per heavy atom. The molecule has 1 spiro atoms. The van der Waals surface area contributed by atoms with Crippen LogP contribution >= 0.6 is 11.8 Å². The second-order valence-corrected chi connectivity index (χ2v) is 7.43. The highest BCUT2D eigenvalue weighted by Gasteiger charge is 2.42. The van der Waals surface area contributed by atoms with Gasteiger partial charge in [0.2, 0.25) is 0 Å². The highest BCUT2D eigenvalue weighted by molar-refractivity contribution is 7.99. The molecule has 2 heterocycles. The minimum absolute atomic E-state index is 0.117. The van der Waals surface area contributed by atoms with E-state index in [1.54, 1.807) is 0 Å². The van der Waals surface area contributed by atoms with Crippen molar-refractivity contribution >= 4 is 11.8 Å². The summed E-state index contributed by atoms with van der Waals surface area (Å²) >= 11 is 2.02. The van der Waals surface area contributed by atoms with Crippen molar-refractivity contribution in [3.63, 3.8) is 0 Å². The zero-order chi connectivity index (χ0) is 14.7. The highest BCUT2D eigenvalue weighted by Crippen LogP contribution is 2.43. The van der Waals surface area contributed by atoms with Crippen molar-refractivity contribution in [2.45, 2.75) is 44.2 Å². The summed E-state index contributed by atoms with van der Waals surface area (Å²) in [4.78, 5) is 0. The van der Waals surface area contributed by atoms with Crippen molar-refractivity contribution in [3.8, 4) is 0 Å². The minimum atomic E-state index is 0.117. The Hall–Kier alpha value is -0.550. The Bertz CT molecular complexity index is 456. The topological polar surface area (TPSA) is 47.3 Å². The van der Waals surface area contributed by atoms with Crippen LogP contribution in [-0.4, -0.2) is 23.7 Å². The summed E-state index contributed by atoms with van der Waals surface area (Å²) < 4.78 is 6.13. The summed E-state index contributed by atoms with van der Waals surface area (Å²) in [6.07, 6.45) is 4.50. The van der Waals surface area contributed by atoms with Gasteiger partial charge in [-0.3, -0.25) is 11.3 Å². The summed E-state index contributed by atoms with van der Waals surface area (Å²) in [7, 11) is 0. The highest BCUT2D eigenvalue weighted by atomic mass is 32.2. The van der Waals surface area contributed by atoms with Gasteiger partial charge in [-0.15, -0.1) is 0 Å². The van der Waals surface area contributed by atoms with E-state index in [1.165, 1.54) is 23.3 Å². The number of ether oxygens (including phenoxy) is 1. The largest absolute Gasteiger partial charge is 0.374 e. The first-order valence-electron chi connectivity index (χ1n) is 8.03. The molecule has 3 atom stereocenters. The molecule has 2 aliphatic heterocycles. The molecule has 0 bridgehead atoms. The number of thioether (sulfide) groups is 1. The van der Waals surface area contributed by atoms with Crippen molar-refractivity contribution in [2.24, 2.45) is 11.8 Å². The van der Waals surface area contributed by atoms with E-state index in [2.05, 4.69) is 36.6 Å². The Labute approximate surface area is 132 Å². The molecule has 4 heteroatoms. The van der Waals surface area contributed by atoms with Crippen LogP contribution in [0.2, 0.25) is 0 Å². The lowest BCUT2D eigenvalue weighted by molar-refractivity contribution is -0.0854. The van der Waals surface area contributed by atoms with Gasteiger partial charge < -0.3 is 4.74 Å². The quantitative estimate of drug-likeness (QED) is 0.663. The number of hydrogen-bond donors (Lipinski definition) is 2. The molecule has 3 unspecified atom stereocenters. The fourth-order valence-corrected chi connectivity index (χ4v) is 5.06. The molecule has 3 rings (SSSR count). The summed E-state index contributed by atoms with van der Waals surface area (Å²) in [5.74, 6) is 8.85. The molecule has 0 radical (unpaired) electrons. The third-order valence-electron chi connectivity index (χ3n) is 5.00. The number of benzene rings is 1. The van der Waals surface area contributed by atoms with Crippen LogP contribution in [0.15, 0.2) is 24.3 Å². The Morgan fingerprint density at radius 3 is 2.86 bits per heavy atom. The second kappa shape index (κ2) is 6.69. The minimum Gasteiger partial charge on any atom is -0.374 e. The molecule has 0 aromatic heterocycles. The molecule has 3 nitrogen and oxygen atoms in total.